The second-order valence-electron chi connectivity index (χ2n) is 9.40. The molecule has 184 valence electrons. The minimum atomic E-state index is -0.843. The zero-order chi connectivity index (χ0) is 24.9. The van der Waals surface area contributed by atoms with Crippen molar-refractivity contribution in [2.45, 2.75) is 58.0 Å². The van der Waals surface area contributed by atoms with Crippen molar-refractivity contribution >= 4 is 5.57 Å². The van der Waals surface area contributed by atoms with Crippen LogP contribution in [-0.4, -0.2) is 10.2 Å². The van der Waals surface area contributed by atoms with Crippen molar-refractivity contribution < 1.29 is 23.4 Å². The van der Waals surface area contributed by atoms with Crippen molar-refractivity contribution in [3.8, 4) is 16.9 Å². The molecule has 0 aliphatic heterocycles. The van der Waals surface area contributed by atoms with Crippen LogP contribution in [0.2, 0.25) is 0 Å². The van der Waals surface area contributed by atoms with Crippen LogP contribution >= 0.6 is 0 Å². The highest BCUT2D eigenvalue weighted by atomic mass is 19.2. The largest absolute Gasteiger partial charge is 0.505 e. The maximum absolute atomic E-state index is 14.9. The topological polar surface area (TPSA) is 40.5 Å². The predicted molar refractivity (Wildman–Crippen MR) is 133 cm³/mol. The van der Waals surface area contributed by atoms with Crippen LogP contribution in [-0.2, 0) is 6.42 Å². The van der Waals surface area contributed by atoms with E-state index in [1.807, 2.05) is 6.92 Å². The van der Waals surface area contributed by atoms with Crippen LogP contribution in [0.3, 0.4) is 0 Å². The summed E-state index contributed by atoms with van der Waals surface area (Å²) >= 11 is 0. The van der Waals surface area contributed by atoms with Crippen molar-refractivity contribution in [2.24, 2.45) is 5.92 Å². The van der Waals surface area contributed by atoms with E-state index < -0.39 is 23.6 Å². The van der Waals surface area contributed by atoms with E-state index in [1.165, 1.54) is 12.1 Å². The lowest BCUT2D eigenvalue weighted by atomic mass is 9.83. The van der Waals surface area contributed by atoms with Gasteiger partial charge in [0.05, 0.1) is 6.10 Å². The molecule has 0 bridgehead atoms. The standard InChI is InChI=1S/C30H31F3O2/c1-2-3-27(34)22-12-10-21(11-13-22)25-16-14-23(29(32)30(25)33)9-6-19-4-7-20(8-5-19)24-15-17-28(35)26(31)18-24/h7,10-19,27,34-35H,2-6,8-9H2,1H3. The summed E-state index contributed by atoms with van der Waals surface area (Å²) in [5.74, 6) is -2.28. The summed E-state index contributed by atoms with van der Waals surface area (Å²) in [5, 5.41) is 19.5. The molecule has 35 heavy (non-hydrogen) atoms. The molecule has 4 rings (SSSR count). The Morgan fingerprint density at radius 1 is 0.943 bits per heavy atom. The normalized spacial score (nSPS) is 16.7. The van der Waals surface area contributed by atoms with E-state index in [2.05, 4.69) is 6.08 Å². The number of phenolic OH excluding ortho intramolecular Hbond substituents is 1. The van der Waals surface area contributed by atoms with Crippen molar-refractivity contribution in [3.63, 3.8) is 0 Å². The Kier molecular flexibility index (Phi) is 7.97. The number of hydrogen-bond donors (Lipinski definition) is 2. The maximum atomic E-state index is 14.9. The van der Waals surface area contributed by atoms with Gasteiger partial charge in [-0.05, 0) is 84.4 Å². The Morgan fingerprint density at radius 2 is 1.69 bits per heavy atom. The molecule has 0 spiro atoms. The monoisotopic (exact) mass is 480 g/mol. The van der Waals surface area contributed by atoms with E-state index >= 15 is 0 Å². The summed E-state index contributed by atoms with van der Waals surface area (Å²) in [7, 11) is 0. The lowest BCUT2D eigenvalue weighted by Gasteiger charge is -2.22. The van der Waals surface area contributed by atoms with Crippen molar-refractivity contribution in [3.05, 3.63) is 94.8 Å². The van der Waals surface area contributed by atoms with Crippen molar-refractivity contribution in [1.82, 2.24) is 0 Å². The number of hydrogen-bond acceptors (Lipinski definition) is 2. The average molecular weight is 481 g/mol. The van der Waals surface area contributed by atoms with Gasteiger partial charge in [0.15, 0.2) is 23.2 Å². The van der Waals surface area contributed by atoms with Crippen LogP contribution in [0.4, 0.5) is 13.2 Å². The van der Waals surface area contributed by atoms with E-state index in [9.17, 15) is 23.4 Å². The van der Waals surface area contributed by atoms with Crippen LogP contribution in [0.5, 0.6) is 5.75 Å². The Hall–Kier alpha value is -3.05. The summed E-state index contributed by atoms with van der Waals surface area (Å²) in [5.41, 5.74) is 3.76. The van der Waals surface area contributed by atoms with Gasteiger partial charge in [0, 0.05) is 5.56 Å². The summed E-state index contributed by atoms with van der Waals surface area (Å²) < 4.78 is 43.4. The summed E-state index contributed by atoms with van der Waals surface area (Å²) in [6.45, 7) is 2.00. The third kappa shape index (κ3) is 5.79. The van der Waals surface area contributed by atoms with Gasteiger partial charge in [-0.25, -0.2) is 13.2 Å². The van der Waals surface area contributed by atoms with Gasteiger partial charge in [-0.3, -0.25) is 0 Å². The van der Waals surface area contributed by atoms with Crippen LogP contribution in [0.25, 0.3) is 16.7 Å². The third-order valence-electron chi connectivity index (χ3n) is 6.99. The molecule has 2 unspecified atom stereocenters. The number of phenols is 1. The third-order valence-corrected chi connectivity index (χ3v) is 6.99. The van der Waals surface area contributed by atoms with Crippen LogP contribution < -0.4 is 0 Å². The second kappa shape index (κ2) is 11.1. The molecule has 3 aromatic rings. The minimum absolute atomic E-state index is 0.217. The molecule has 2 atom stereocenters. The average Bonchev–Trinajstić information content (AvgIpc) is 2.87. The van der Waals surface area contributed by atoms with Crippen molar-refractivity contribution in [1.29, 1.82) is 0 Å². The van der Waals surface area contributed by atoms with Gasteiger partial charge >= 0.3 is 0 Å². The maximum Gasteiger partial charge on any atom is 0.166 e. The fourth-order valence-electron chi connectivity index (χ4n) is 4.81. The van der Waals surface area contributed by atoms with Crippen LogP contribution in [0, 0.1) is 23.4 Å². The first-order chi connectivity index (χ1) is 16.9. The summed E-state index contributed by atoms with van der Waals surface area (Å²) in [6, 6.07) is 14.7. The van der Waals surface area contributed by atoms with E-state index in [1.54, 1.807) is 42.5 Å². The number of aliphatic hydroxyl groups excluding tert-OH is 1. The molecule has 0 radical (unpaired) electrons. The molecule has 0 heterocycles. The molecule has 1 aliphatic rings. The number of aryl methyl sites for hydroxylation is 1. The zero-order valence-electron chi connectivity index (χ0n) is 19.9. The first-order valence-electron chi connectivity index (χ1n) is 12.3. The molecule has 3 aromatic carbocycles. The second-order valence-corrected chi connectivity index (χ2v) is 9.40. The van der Waals surface area contributed by atoms with Crippen LogP contribution in [0.15, 0.2) is 60.7 Å². The van der Waals surface area contributed by atoms with Gasteiger partial charge < -0.3 is 10.2 Å². The first kappa shape index (κ1) is 25.1. The fraction of sp³-hybridized carbons (Fsp3) is 0.333. The number of rotatable bonds is 8. The number of benzene rings is 3. The summed E-state index contributed by atoms with van der Waals surface area (Å²) in [6.07, 6.45) is 6.73. The molecule has 1 aliphatic carbocycles. The SMILES string of the molecule is CCCC(O)c1ccc(-c2ccc(CCC3CC=C(c4ccc(O)c(F)c4)CC3)c(F)c2F)cc1. The number of allylic oxidation sites excluding steroid dienone is 2. The van der Waals surface area contributed by atoms with Gasteiger partial charge in [-0.2, -0.15) is 0 Å². The molecule has 0 amide bonds. The number of aromatic hydroxyl groups is 1. The zero-order valence-corrected chi connectivity index (χ0v) is 19.9. The minimum Gasteiger partial charge on any atom is -0.505 e. The van der Waals surface area contributed by atoms with Gasteiger partial charge in [-0.15, -0.1) is 0 Å². The Labute approximate surface area is 204 Å². The highest BCUT2D eigenvalue weighted by Crippen LogP contribution is 2.35. The van der Waals surface area contributed by atoms with Gasteiger partial charge in [0.1, 0.15) is 0 Å². The molecule has 2 nitrogen and oxygen atoms in total. The molecule has 0 saturated heterocycles. The number of aliphatic hydroxyl groups is 1. The summed E-state index contributed by atoms with van der Waals surface area (Å²) in [4.78, 5) is 0. The molecule has 0 saturated carbocycles. The Morgan fingerprint density at radius 3 is 2.34 bits per heavy atom. The van der Waals surface area contributed by atoms with Crippen molar-refractivity contribution in [2.75, 3.05) is 0 Å². The van der Waals surface area contributed by atoms with Gasteiger partial charge in [0.25, 0.3) is 0 Å². The quantitative estimate of drug-likeness (QED) is 0.342. The molecular formula is C30H31F3O2. The van der Waals surface area contributed by atoms with E-state index in [4.69, 9.17) is 0 Å². The fourth-order valence-corrected chi connectivity index (χ4v) is 4.81. The predicted octanol–water partition coefficient (Wildman–Crippen LogP) is 8.13. The molecule has 0 aromatic heterocycles. The highest BCUT2D eigenvalue weighted by Gasteiger charge is 2.19. The van der Waals surface area contributed by atoms with Gasteiger partial charge in [-0.1, -0.05) is 61.9 Å². The van der Waals surface area contributed by atoms with E-state index in [-0.39, 0.29) is 11.3 Å². The van der Waals surface area contributed by atoms with E-state index in [0.29, 0.717) is 29.9 Å². The van der Waals surface area contributed by atoms with Gasteiger partial charge in [0.2, 0.25) is 0 Å². The lowest BCUT2D eigenvalue weighted by Crippen LogP contribution is -2.08. The first-order valence-corrected chi connectivity index (χ1v) is 12.3. The Balaban J connectivity index is 1.39. The highest BCUT2D eigenvalue weighted by molar-refractivity contribution is 5.67. The lowest BCUT2D eigenvalue weighted by molar-refractivity contribution is 0.166. The molecular weight excluding hydrogens is 449 g/mol. The molecule has 5 heteroatoms. The Bertz CT molecular complexity index is 1200. The molecule has 2 N–H and O–H groups in total. The number of halogens is 3. The smallest absolute Gasteiger partial charge is 0.166 e. The van der Waals surface area contributed by atoms with Crippen LogP contribution in [0.1, 0.15) is 68.2 Å². The van der Waals surface area contributed by atoms with E-state index in [0.717, 1.165) is 48.8 Å². The molecule has 0 fully saturated rings.